The highest BCUT2D eigenvalue weighted by Crippen LogP contribution is 2.21. The first-order valence-corrected chi connectivity index (χ1v) is 8.08. The van der Waals surface area contributed by atoms with Crippen molar-refractivity contribution in [2.24, 2.45) is 0 Å². The average molecular weight is 350 g/mol. The average Bonchev–Trinajstić information content (AvgIpc) is 3.16. The molecule has 0 aliphatic rings. The molecular weight excluding hydrogens is 332 g/mol. The molecule has 1 atom stereocenters. The first-order valence-electron chi connectivity index (χ1n) is 8.08. The number of hydrogen-bond acceptors (Lipinski definition) is 4. The molecule has 26 heavy (non-hydrogen) atoms. The molecule has 132 valence electrons. The lowest BCUT2D eigenvalue weighted by Gasteiger charge is -2.19. The fourth-order valence-electron chi connectivity index (χ4n) is 2.71. The topological polar surface area (TPSA) is 97.1 Å². The third kappa shape index (κ3) is 3.94. The number of aromatic nitrogens is 3. The van der Waals surface area contributed by atoms with Gasteiger partial charge in [0.1, 0.15) is 17.8 Å². The number of nitrogens with one attached hydrogen (secondary N) is 1. The predicted molar refractivity (Wildman–Crippen MR) is 95.0 cm³/mol. The van der Waals surface area contributed by atoms with Crippen LogP contribution in [0.3, 0.4) is 0 Å². The summed E-state index contributed by atoms with van der Waals surface area (Å²) in [6, 6.07) is 11.8. The number of nitrogens with zero attached hydrogens (tertiary/aromatic N) is 3. The Labute approximate surface area is 150 Å². The second-order valence-corrected chi connectivity index (χ2v) is 5.83. The van der Waals surface area contributed by atoms with E-state index in [0.29, 0.717) is 5.82 Å². The Kier molecular flexibility index (Phi) is 5.07. The number of rotatable bonds is 6. The van der Waals surface area contributed by atoms with Crippen molar-refractivity contribution >= 4 is 11.9 Å². The Morgan fingerprint density at radius 2 is 2.00 bits per heavy atom. The smallest absolute Gasteiger partial charge is 0.305 e. The maximum Gasteiger partial charge on any atom is 0.305 e. The summed E-state index contributed by atoms with van der Waals surface area (Å²) in [5.41, 5.74) is 1.90. The van der Waals surface area contributed by atoms with E-state index in [0.717, 1.165) is 11.1 Å². The predicted octanol–water partition coefficient (Wildman–Crippen LogP) is 2.52. The Morgan fingerprint density at radius 1 is 1.19 bits per heavy atom. The van der Waals surface area contributed by atoms with Crippen LogP contribution in [0.1, 0.15) is 34.1 Å². The monoisotopic (exact) mass is 350 g/mol. The number of hydrogen-bond donors (Lipinski definition) is 2. The molecule has 1 aromatic carbocycles. The standard InChI is InChI=1S/C19H18N4O3/c1-13-5-2-3-6-14(13)16(11-18(24)25)22-19(26)15-7-4-8-17(21-15)23-10-9-20-12-23/h2-10,12,16H,11H2,1H3,(H,22,26)(H,24,25). The first-order chi connectivity index (χ1) is 12.5. The van der Waals surface area contributed by atoms with Crippen molar-refractivity contribution in [3.8, 4) is 5.82 Å². The molecule has 0 bridgehead atoms. The molecule has 0 saturated carbocycles. The van der Waals surface area contributed by atoms with Crippen molar-refractivity contribution in [3.63, 3.8) is 0 Å². The van der Waals surface area contributed by atoms with Crippen LogP contribution in [0.4, 0.5) is 0 Å². The van der Waals surface area contributed by atoms with Crippen LogP contribution in [0.2, 0.25) is 0 Å². The largest absolute Gasteiger partial charge is 0.481 e. The fraction of sp³-hybridized carbons (Fsp3) is 0.158. The normalized spacial score (nSPS) is 11.7. The lowest BCUT2D eigenvalue weighted by atomic mass is 9.98. The van der Waals surface area contributed by atoms with E-state index in [1.165, 1.54) is 0 Å². The third-order valence-electron chi connectivity index (χ3n) is 3.98. The minimum absolute atomic E-state index is 0.208. The van der Waals surface area contributed by atoms with Gasteiger partial charge in [-0.3, -0.25) is 14.2 Å². The zero-order valence-electron chi connectivity index (χ0n) is 14.2. The fourth-order valence-corrected chi connectivity index (χ4v) is 2.71. The third-order valence-corrected chi connectivity index (χ3v) is 3.98. The van der Waals surface area contributed by atoms with E-state index in [9.17, 15) is 14.7 Å². The maximum absolute atomic E-state index is 12.7. The number of aryl methyl sites for hydroxylation is 1. The van der Waals surface area contributed by atoms with Crippen LogP contribution in [0.15, 0.2) is 61.2 Å². The van der Waals surface area contributed by atoms with Gasteiger partial charge in [-0.2, -0.15) is 0 Å². The van der Waals surface area contributed by atoms with E-state index in [1.807, 2.05) is 31.2 Å². The quantitative estimate of drug-likeness (QED) is 0.712. The highest BCUT2D eigenvalue weighted by Gasteiger charge is 2.21. The summed E-state index contributed by atoms with van der Waals surface area (Å²) >= 11 is 0. The summed E-state index contributed by atoms with van der Waals surface area (Å²) in [4.78, 5) is 32.2. The van der Waals surface area contributed by atoms with Gasteiger partial charge < -0.3 is 10.4 Å². The van der Waals surface area contributed by atoms with E-state index < -0.39 is 17.9 Å². The molecule has 1 amide bonds. The SMILES string of the molecule is Cc1ccccc1C(CC(=O)O)NC(=O)c1cccc(-n2ccnc2)n1. The maximum atomic E-state index is 12.7. The van der Waals surface area contributed by atoms with Gasteiger partial charge >= 0.3 is 5.97 Å². The number of imidazole rings is 1. The number of amides is 1. The van der Waals surface area contributed by atoms with Crippen molar-refractivity contribution in [2.45, 2.75) is 19.4 Å². The van der Waals surface area contributed by atoms with Crippen LogP contribution >= 0.6 is 0 Å². The first kappa shape index (κ1) is 17.3. The van der Waals surface area contributed by atoms with Gasteiger partial charge in [-0.1, -0.05) is 30.3 Å². The lowest BCUT2D eigenvalue weighted by molar-refractivity contribution is -0.137. The van der Waals surface area contributed by atoms with Crippen molar-refractivity contribution in [1.82, 2.24) is 19.9 Å². The van der Waals surface area contributed by atoms with Gasteiger partial charge in [-0.25, -0.2) is 9.97 Å². The number of carboxylic acids is 1. The molecule has 2 N–H and O–H groups in total. The highest BCUT2D eigenvalue weighted by atomic mass is 16.4. The summed E-state index contributed by atoms with van der Waals surface area (Å²) in [6.45, 7) is 1.88. The van der Waals surface area contributed by atoms with Gasteiger partial charge in [0.25, 0.3) is 5.91 Å². The second kappa shape index (κ2) is 7.60. The zero-order valence-corrected chi connectivity index (χ0v) is 14.2. The molecule has 1 unspecified atom stereocenters. The molecule has 0 fully saturated rings. The van der Waals surface area contributed by atoms with E-state index in [1.54, 1.807) is 41.5 Å². The van der Waals surface area contributed by atoms with Crippen LogP contribution in [0, 0.1) is 6.92 Å². The van der Waals surface area contributed by atoms with Gasteiger partial charge in [0, 0.05) is 12.4 Å². The van der Waals surface area contributed by atoms with Crippen LogP contribution in [0.5, 0.6) is 0 Å². The van der Waals surface area contributed by atoms with Crippen LogP contribution in [0.25, 0.3) is 5.82 Å². The Balaban J connectivity index is 1.85. The number of benzene rings is 1. The van der Waals surface area contributed by atoms with Gasteiger partial charge in [0.15, 0.2) is 0 Å². The summed E-state index contributed by atoms with van der Waals surface area (Å²) in [7, 11) is 0. The molecule has 0 spiro atoms. The van der Waals surface area contributed by atoms with E-state index in [4.69, 9.17) is 0 Å². The van der Waals surface area contributed by atoms with E-state index in [2.05, 4.69) is 15.3 Å². The molecule has 0 radical (unpaired) electrons. The van der Waals surface area contributed by atoms with Crippen molar-refractivity contribution in [1.29, 1.82) is 0 Å². The Bertz CT molecular complexity index is 922. The number of carbonyl (C=O) groups is 2. The Morgan fingerprint density at radius 3 is 2.69 bits per heavy atom. The second-order valence-electron chi connectivity index (χ2n) is 5.83. The molecule has 7 nitrogen and oxygen atoms in total. The van der Waals surface area contributed by atoms with E-state index in [-0.39, 0.29) is 12.1 Å². The van der Waals surface area contributed by atoms with E-state index >= 15 is 0 Å². The van der Waals surface area contributed by atoms with Gasteiger partial charge in [0.2, 0.25) is 0 Å². The number of pyridine rings is 1. The molecule has 2 aromatic heterocycles. The molecule has 3 rings (SSSR count). The van der Waals surface area contributed by atoms with Crippen LogP contribution in [-0.4, -0.2) is 31.5 Å². The summed E-state index contributed by atoms with van der Waals surface area (Å²) in [6.07, 6.45) is 4.72. The molecule has 7 heteroatoms. The molecule has 3 aromatic rings. The summed E-state index contributed by atoms with van der Waals surface area (Å²) in [5.74, 6) is -0.860. The number of carbonyl (C=O) groups excluding carboxylic acids is 1. The number of carboxylic acid groups (broad SMARTS) is 1. The highest BCUT2D eigenvalue weighted by molar-refractivity contribution is 5.93. The number of aliphatic carboxylic acids is 1. The summed E-state index contributed by atoms with van der Waals surface area (Å²) in [5, 5.41) is 12.0. The molecular formula is C19H18N4O3. The minimum atomic E-state index is -0.987. The van der Waals surface area contributed by atoms with Crippen LogP contribution < -0.4 is 5.32 Å². The zero-order chi connectivity index (χ0) is 18.5. The molecule has 2 heterocycles. The lowest BCUT2D eigenvalue weighted by Crippen LogP contribution is -2.31. The molecule has 0 saturated heterocycles. The molecule has 0 aliphatic heterocycles. The van der Waals surface area contributed by atoms with Crippen molar-refractivity contribution < 1.29 is 14.7 Å². The summed E-state index contributed by atoms with van der Waals surface area (Å²) < 4.78 is 1.69. The van der Waals surface area contributed by atoms with Gasteiger partial charge in [-0.05, 0) is 30.2 Å². The van der Waals surface area contributed by atoms with Crippen LogP contribution in [-0.2, 0) is 4.79 Å². The minimum Gasteiger partial charge on any atom is -0.481 e. The van der Waals surface area contributed by atoms with Gasteiger partial charge in [-0.15, -0.1) is 0 Å². The van der Waals surface area contributed by atoms with Gasteiger partial charge in [0.05, 0.1) is 12.5 Å². The Hall–Kier alpha value is -3.48. The van der Waals surface area contributed by atoms with Crippen molar-refractivity contribution in [3.05, 3.63) is 78.0 Å². The molecule has 0 aliphatic carbocycles. The van der Waals surface area contributed by atoms with Crippen molar-refractivity contribution in [2.75, 3.05) is 0 Å².